The number of piperidine rings is 1. The molecule has 1 aliphatic heterocycles. The first-order valence-corrected chi connectivity index (χ1v) is 8.63. The SMILES string of the molecule is CC(=O)Nc1cccc2c1C(=O)C(OCCN1CCCCC1)=CC2=O. The topological polar surface area (TPSA) is 75.7 Å². The van der Waals surface area contributed by atoms with E-state index in [1.54, 1.807) is 18.2 Å². The second-order valence-electron chi connectivity index (χ2n) is 6.36. The van der Waals surface area contributed by atoms with Crippen LogP contribution in [0, 0.1) is 0 Å². The van der Waals surface area contributed by atoms with Crippen LogP contribution in [0.4, 0.5) is 5.69 Å². The van der Waals surface area contributed by atoms with Crippen LogP contribution in [0.5, 0.6) is 0 Å². The molecule has 0 aromatic heterocycles. The molecule has 0 unspecified atom stereocenters. The number of fused-ring (bicyclic) bond motifs is 1. The summed E-state index contributed by atoms with van der Waals surface area (Å²) < 4.78 is 5.62. The molecule has 132 valence electrons. The first-order valence-electron chi connectivity index (χ1n) is 8.63. The number of benzene rings is 1. The van der Waals surface area contributed by atoms with Crippen LogP contribution in [0.15, 0.2) is 30.0 Å². The highest BCUT2D eigenvalue weighted by Crippen LogP contribution is 2.28. The lowest BCUT2D eigenvalue weighted by atomic mass is 9.92. The van der Waals surface area contributed by atoms with Crippen LogP contribution in [0.2, 0.25) is 0 Å². The number of amides is 1. The van der Waals surface area contributed by atoms with Crippen molar-refractivity contribution in [3.05, 3.63) is 41.2 Å². The van der Waals surface area contributed by atoms with E-state index in [0.29, 0.717) is 17.9 Å². The monoisotopic (exact) mass is 342 g/mol. The van der Waals surface area contributed by atoms with Crippen LogP contribution in [-0.4, -0.2) is 48.6 Å². The molecule has 1 amide bonds. The highest BCUT2D eigenvalue weighted by Gasteiger charge is 2.29. The maximum Gasteiger partial charge on any atom is 0.230 e. The molecule has 1 aromatic carbocycles. The van der Waals surface area contributed by atoms with Crippen molar-refractivity contribution in [2.24, 2.45) is 0 Å². The van der Waals surface area contributed by atoms with Crippen molar-refractivity contribution in [3.8, 4) is 0 Å². The Kier molecular flexibility index (Phi) is 5.28. The van der Waals surface area contributed by atoms with Gasteiger partial charge in [0.05, 0.1) is 11.3 Å². The molecule has 0 bridgehead atoms. The Hall–Kier alpha value is -2.47. The molecule has 3 rings (SSSR count). The first kappa shape index (κ1) is 17.4. The van der Waals surface area contributed by atoms with Crippen LogP contribution < -0.4 is 5.32 Å². The Morgan fingerprint density at radius 2 is 1.96 bits per heavy atom. The summed E-state index contributed by atoms with van der Waals surface area (Å²) in [5.41, 5.74) is 0.839. The van der Waals surface area contributed by atoms with Gasteiger partial charge < -0.3 is 10.1 Å². The van der Waals surface area contributed by atoms with E-state index in [-0.39, 0.29) is 28.8 Å². The molecule has 0 atom stereocenters. The Morgan fingerprint density at radius 3 is 2.68 bits per heavy atom. The molecule has 0 spiro atoms. The molecule has 1 N–H and O–H groups in total. The summed E-state index contributed by atoms with van der Waals surface area (Å²) in [4.78, 5) is 38.7. The second-order valence-corrected chi connectivity index (χ2v) is 6.36. The van der Waals surface area contributed by atoms with Gasteiger partial charge in [-0.3, -0.25) is 19.3 Å². The molecular weight excluding hydrogens is 320 g/mol. The Balaban J connectivity index is 1.72. The number of carbonyl (C=O) groups excluding carboxylic acids is 3. The average Bonchev–Trinajstić information content (AvgIpc) is 2.59. The van der Waals surface area contributed by atoms with Gasteiger partial charge in [0.1, 0.15) is 6.61 Å². The highest BCUT2D eigenvalue weighted by atomic mass is 16.5. The smallest absolute Gasteiger partial charge is 0.230 e. The van der Waals surface area contributed by atoms with Gasteiger partial charge in [-0.25, -0.2) is 0 Å². The van der Waals surface area contributed by atoms with E-state index < -0.39 is 0 Å². The predicted molar refractivity (Wildman–Crippen MR) is 93.7 cm³/mol. The van der Waals surface area contributed by atoms with Gasteiger partial charge in [0.2, 0.25) is 11.7 Å². The van der Waals surface area contributed by atoms with Gasteiger partial charge in [0.15, 0.2) is 11.5 Å². The van der Waals surface area contributed by atoms with Crippen molar-refractivity contribution in [1.29, 1.82) is 0 Å². The molecule has 6 nitrogen and oxygen atoms in total. The number of Topliss-reactive ketones (excluding diaryl/α,β-unsaturated/α-hetero) is 1. The number of hydrogen-bond donors (Lipinski definition) is 1. The van der Waals surface area contributed by atoms with Crippen molar-refractivity contribution in [2.45, 2.75) is 26.2 Å². The molecule has 1 aromatic rings. The van der Waals surface area contributed by atoms with E-state index in [2.05, 4.69) is 10.2 Å². The molecule has 0 saturated carbocycles. The number of ketones is 2. The summed E-state index contributed by atoms with van der Waals surface area (Å²) in [6.07, 6.45) is 4.89. The summed E-state index contributed by atoms with van der Waals surface area (Å²) in [5, 5.41) is 2.61. The van der Waals surface area contributed by atoms with Gasteiger partial charge in [0.25, 0.3) is 0 Å². The van der Waals surface area contributed by atoms with Gasteiger partial charge in [-0.05, 0) is 32.0 Å². The van der Waals surface area contributed by atoms with E-state index in [0.717, 1.165) is 19.6 Å². The van der Waals surface area contributed by atoms with Crippen LogP contribution in [0.1, 0.15) is 46.9 Å². The van der Waals surface area contributed by atoms with E-state index in [9.17, 15) is 14.4 Å². The van der Waals surface area contributed by atoms with Gasteiger partial charge in [-0.15, -0.1) is 0 Å². The van der Waals surface area contributed by atoms with E-state index >= 15 is 0 Å². The summed E-state index contributed by atoms with van der Waals surface area (Å²) in [6, 6.07) is 4.84. The first-order chi connectivity index (χ1) is 12.1. The molecule has 6 heteroatoms. The fraction of sp³-hybridized carbons (Fsp3) is 0.421. The summed E-state index contributed by atoms with van der Waals surface area (Å²) in [6.45, 7) is 4.55. The van der Waals surface area contributed by atoms with Gasteiger partial charge >= 0.3 is 0 Å². The number of hydrogen-bond acceptors (Lipinski definition) is 5. The number of anilines is 1. The Labute approximate surface area is 146 Å². The van der Waals surface area contributed by atoms with Crippen molar-refractivity contribution in [1.82, 2.24) is 4.90 Å². The van der Waals surface area contributed by atoms with Crippen molar-refractivity contribution >= 4 is 23.2 Å². The fourth-order valence-electron chi connectivity index (χ4n) is 3.26. The summed E-state index contributed by atoms with van der Waals surface area (Å²) >= 11 is 0. The van der Waals surface area contributed by atoms with E-state index in [4.69, 9.17) is 4.74 Å². The lowest BCUT2D eigenvalue weighted by molar-refractivity contribution is -0.114. The van der Waals surface area contributed by atoms with Crippen LogP contribution in [-0.2, 0) is 9.53 Å². The zero-order valence-electron chi connectivity index (χ0n) is 14.3. The molecule has 1 aliphatic carbocycles. The van der Waals surface area contributed by atoms with Crippen LogP contribution >= 0.6 is 0 Å². The maximum absolute atomic E-state index is 12.7. The minimum absolute atomic E-state index is 0.0484. The zero-order valence-corrected chi connectivity index (χ0v) is 14.3. The standard InChI is InChI=1S/C19H22N2O4/c1-13(22)20-15-7-5-6-14-16(23)12-17(19(24)18(14)15)25-11-10-21-8-3-2-4-9-21/h5-7,12H,2-4,8-11H2,1H3,(H,20,22). The fourth-order valence-corrected chi connectivity index (χ4v) is 3.26. The van der Waals surface area contributed by atoms with E-state index in [1.807, 2.05) is 0 Å². The van der Waals surface area contributed by atoms with Gasteiger partial charge in [-0.1, -0.05) is 18.6 Å². The Morgan fingerprint density at radius 1 is 1.20 bits per heavy atom. The highest BCUT2D eigenvalue weighted by molar-refractivity contribution is 6.26. The number of ether oxygens (including phenoxy) is 1. The number of rotatable bonds is 5. The van der Waals surface area contributed by atoms with Crippen LogP contribution in [0.25, 0.3) is 0 Å². The zero-order chi connectivity index (χ0) is 17.8. The Bertz CT molecular complexity index is 733. The van der Waals surface area contributed by atoms with E-state index in [1.165, 1.54) is 32.3 Å². The number of carbonyl (C=O) groups is 3. The average molecular weight is 342 g/mol. The molecule has 2 aliphatic rings. The van der Waals surface area contributed by atoms with Crippen molar-refractivity contribution in [3.63, 3.8) is 0 Å². The van der Waals surface area contributed by atoms with Crippen LogP contribution in [0.3, 0.4) is 0 Å². The van der Waals surface area contributed by atoms with Crippen molar-refractivity contribution in [2.75, 3.05) is 31.6 Å². The molecular formula is C19H22N2O4. The third-order valence-electron chi connectivity index (χ3n) is 4.47. The lowest BCUT2D eigenvalue weighted by Crippen LogP contribution is -2.33. The molecule has 0 radical (unpaired) electrons. The maximum atomic E-state index is 12.7. The molecule has 1 fully saturated rings. The van der Waals surface area contributed by atoms with Crippen molar-refractivity contribution < 1.29 is 19.1 Å². The predicted octanol–water partition coefficient (Wildman–Crippen LogP) is 2.41. The number of allylic oxidation sites excluding steroid dienone is 2. The lowest BCUT2D eigenvalue weighted by Gasteiger charge is -2.26. The molecule has 1 saturated heterocycles. The molecule has 25 heavy (non-hydrogen) atoms. The minimum atomic E-state index is -0.363. The van der Waals surface area contributed by atoms with Gasteiger partial charge in [-0.2, -0.15) is 0 Å². The van der Waals surface area contributed by atoms with Gasteiger partial charge in [0, 0.05) is 25.1 Å². The summed E-state index contributed by atoms with van der Waals surface area (Å²) in [7, 11) is 0. The molecule has 1 heterocycles. The number of nitrogens with one attached hydrogen (secondary N) is 1. The summed E-state index contributed by atoms with van der Waals surface area (Å²) in [5.74, 6) is -0.893. The number of likely N-dealkylation sites (tertiary alicyclic amines) is 1. The largest absolute Gasteiger partial charge is 0.488 e. The third-order valence-corrected chi connectivity index (χ3v) is 4.47. The number of nitrogens with zero attached hydrogens (tertiary/aromatic N) is 1. The third kappa shape index (κ3) is 3.96. The second kappa shape index (κ2) is 7.61. The minimum Gasteiger partial charge on any atom is -0.488 e. The quantitative estimate of drug-likeness (QED) is 0.889. The normalized spacial score (nSPS) is 17.7.